The minimum Gasteiger partial charge on any atom is -0.357 e. The first-order chi connectivity index (χ1) is 7.88. The van der Waals surface area contributed by atoms with E-state index < -0.39 is 0 Å². The van der Waals surface area contributed by atoms with Crippen LogP contribution in [-0.2, 0) is 9.57 Å². The van der Waals surface area contributed by atoms with Gasteiger partial charge in [-0.25, -0.2) is 0 Å². The van der Waals surface area contributed by atoms with Gasteiger partial charge in [-0.05, 0) is 12.0 Å². The second-order valence-corrected chi connectivity index (χ2v) is 3.77. The topological polar surface area (TPSA) is 30.5 Å². The first-order valence-electron chi connectivity index (χ1n) is 5.79. The van der Waals surface area contributed by atoms with E-state index in [0.717, 1.165) is 6.42 Å². The van der Waals surface area contributed by atoms with Crippen molar-refractivity contribution in [2.45, 2.75) is 32.2 Å². The van der Waals surface area contributed by atoms with Crippen molar-refractivity contribution in [1.29, 1.82) is 0 Å². The first-order valence-corrected chi connectivity index (χ1v) is 5.79. The van der Waals surface area contributed by atoms with Crippen molar-refractivity contribution in [3.05, 3.63) is 35.9 Å². The van der Waals surface area contributed by atoms with Crippen molar-refractivity contribution < 1.29 is 9.57 Å². The zero-order valence-corrected chi connectivity index (χ0v) is 10.1. The fraction of sp³-hybridized carbons (Fsp3) is 0.538. The highest BCUT2D eigenvalue weighted by molar-refractivity contribution is 5.18. The molecule has 0 aliphatic rings. The lowest BCUT2D eigenvalue weighted by atomic mass is 10.0. The number of nitrogens with one attached hydrogen (secondary N) is 1. The van der Waals surface area contributed by atoms with Crippen LogP contribution >= 0.6 is 0 Å². The molecule has 3 heteroatoms. The average molecular weight is 223 g/mol. The SMILES string of the molecule is CCCCC(NOCOC)c1ccccc1. The predicted octanol–water partition coefficient (Wildman–Crippen LogP) is 3.04. The standard InChI is InChI=1S/C13H21NO2/c1-3-4-10-13(14-16-11-15-2)12-8-6-5-7-9-12/h5-9,13-14H,3-4,10-11H2,1-2H3. The average Bonchev–Trinajstić information content (AvgIpc) is 2.35. The van der Waals surface area contributed by atoms with Gasteiger partial charge in [-0.2, -0.15) is 5.48 Å². The highest BCUT2D eigenvalue weighted by Gasteiger charge is 2.09. The number of hydroxylamine groups is 1. The lowest BCUT2D eigenvalue weighted by molar-refractivity contribution is -0.0958. The second kappa shape index (κ2) is 8.28. The molecule has 1 N–H and O–H groups in total. The fourth-order valence-electron chi connectivity index (χ4n) is 1.58. The molecule has 0 bridgehead atoms. The molecular formula is C13H21NO2. The molecule has 16 heavy (non-hydrogen) atoms. The molecule has 0 heterocycles. The number of ether oxygens (including phenoxy) is 1. The fourth-order valence-corrected chi connectivity index (χ4v) is 1.58. The Bertz CT molecular complexity index is 264. The third-order valence-electron chi connectivity index (χ3n) is 2.45. The van der Waals surface area contributed by atoms with Crippen LogP contribution in [-0.4, -0.2) is 13.9 Å². The molecular weight excluding hydrogens is 202 g/mol. The number of methoxy groups -OCH3 is 1. The van der Waals surface area contributed by atoms with Gasteiger partial charge in [-0.1, -0.05) is 50.1 Å². The number of benzene rings is 1. The van der Waals surface area contributed by atoms with Gasteiger partial charge in [-0.15, -0.1) is 0 Å². The van der Waals surface area contributed by atoms with Crippen molar-refractivity contribution >= 4 is 0 Å². The van der Waals surface area contributed by atoms with E-state index in [-0.39, 0.29) is 12.8 Å². The molecule has 1 unspecified atom stereocenters. The Morgan fingerprint density at radius 3 is 2.62 bits per heavy atom. The lowest BCUT2D eigenvalue weighted by Crippen LogP contribution is -2.22. The van der Waals surface area contributed by atoms with E-state index in [0.29, 0.717) is 0 Å². The summed E-state index contributed by atoms with van der Waals surface area (Å²) in [5.74, 6) is 0. The highest BCUT2D eigenvalue weighted by Crippen LogP contribution is 2.18. The number of unbranched alkanes of at least 4 members (excludes halogenated alkanes) is 1. The maximum atomic E-state index is 5.22. The van der Waals surface area contributed by atoms with Crippen LogP contribution in [0.1, 0.15) is 37.8 Å². The lowest BCUT2D eigenvalue weighted by Gasteiger charge is -2.18. The molecule has 0 radical (unpaired) electrons. The molecule has 1 aromatic rings. The molecule has 1 atom stereocenters. The minimum atomic E-state index is 0.247. The summed E-state index contributed by atoms with van der Waals surface area (Å²) in [6.07, 6.45) is 3.45. The summed E-state index contributed by atoms with van der Waals surface area (Å²) < 4.78 is 4.85. The molecule has 1 rings (SSSR count). The van der Waals surface area contributed by atoms with Crippen molar-refractivity contribution in [3.8, 4) is 0 Å². The Hall–Kier alpha value is -0.900. The monoisotopic (exact) mass is 223 g/mol. The molecule has 3 nitrogen and oxygen atoms in total. The molecule has 0 fully saturated rings. The molecule has 90 valence electrons. The largest absolute Gasteiger partial charge is 0.357 e. The predicted molar refractivity (Wildman–Crippen MR) is 64.8 cm³/mol. The van der Waals surface area contributed by atoms with Crippen LogP contribution in [0.5, 0.6) is 0 Å². The zero-order chi connectivity index (χ0) is 11.6. The van der Waals surface area contributed by atoms with E-state index >= 15 is 0 Å². The van der Waals surface area contributed by atoms with Crippen molar-refractivity contribution in [2.24, 2.45) is 0 Å². The van der Waals surface area contributed by atoms with Crippen LogP contribution in [0, 0.1) is 0 Å². The number of hydrogen-bond donors (Lipinski definition) is 1. The Balaban J connectivity index is 2.49. The van der Waals surface area contributed by atoms with Gasteiger partial charge in [0, 0.05) is 7.11 Å². The van der Waals surface area contributed by atoms with E-state index in [2.05, 4.69) is 24.5 Å². The maximum absolute atomic E-state index is 5.22. The van der Waals surface area contributed by atoms with Crippen LogP contribution in [0.15, 0.2) is 30.3 Å². The number of hydrogen-bond acceptors (Lipinski definition) is 3. The van der Waals surface area contributed by atoms with E-state index in [1.54, 1.807) is 7.11 Å². The molecule has 0 saturated carbocycles. The summed E-state index contributed by atoms with van der Waals surface area (Å²) in [5, 5.41) is 0. The third kappa shape index (κ3) is 4.75. The van der Waals surface area contributed by atoms with E-state index in [1.807, 2.05) is 18.2 Å². The Kier molecular flexibility index (Phi) is 6.81. The normalized spacial score (nSPS) is 12.6. The number of rotatable bonds is 8. The first kappa shape index (κ1) is 13.2. The Morgan fingerprint density at radius 1 is 1.25 bits per heavy atom. The van der Waals surface area contributed by atoms with Gasteiger partial charge in [-0.3, -0.25) is 4.84 Å². The van der Waals surface area contributed by atoms with Crippen LogP contribution in [0.4, 0.5) is 0 Å². The summed E-state index contributed by atoms with van der Waals surface area (Å²) in [6, 6.07) is 10.6. The quantitative estimate of drug-likeness (QED) is 0.417. The van der Waals surface area contributed by atoms with E-state index in [9.17, 15) is 0 Å². The van der Waals surface area contributed by atoms with E-state index in [1.165, 1.54) is 18.4 Å². The molecule has 0 saturated heterocycles. The van der Waals surface area contributed by atoms with Gasteiger partial charge in [0.05, 0.1) is 6.04 Å². The molecule has 0 aliphatic carbocycles. The van der Waals surface area contributed by atoms with Crippen molar-refractivity contribution in [3.63, 3.8) is 0 Å². The molecule has 1 aromatic carbocycles. The van der Waals surface area contributed by atoms with Gasteiger partial charge >= 0.3 is 0 Å². The smallest absolute Gasteiger partial charge is 0.166 e. The Morgan fingerprint density at radius 2 is 2.00 bits per heavy atom. The maximum Gasteiger partial charge on any atom is 0.166 e. The zero-order valence-electron chi connectivity index (χ0n) is 10.1. The molecule has 0 aliphatic heterocycles. The van der Waals surface area contributed by atoms with Gasteiger partial charge in [0.1, 0.15) is 0 Å². The summed E-state index contributed by atoms with van der Waals surface area (Å²) >= 11 is 0. The molecule has 0 aromatic heterocycles. The van der Waals surface area contributed by atoms with Crippen LogP contribution in [0.3, 0.4) is 0 Å². The van der Waals surface area contributed by atoms with Crippen LogP contribution in [0.25, 0.3) is 0 Å². The third-order valence-corrected chi connectivity index (χ3v) is 2.45. The van der Waals surface area contributed by atoms with Gasteiger partial charge in [0.15, 0.2) is 6.79 Å². The van der Waals surface area contributed by atoms with Gasteiger partial charge in [0.25, 0.3) is 0 Å². The van der Waals surface area contributed by atoms with Crippen molar-refractivity contribution in [2.75, 3.05) is 13.9 Å². The molecule has 0 spiro atoms. The summed E-state index contributed by atoms with van der Waals surface area (Å²) in [7, 11) is 1.62. The van der Waals surface area contributed by atoms with Crippen LogP contribution < -0.4 is 5.48 Å². The molecule has 0 amide bonds. The summed E-state index contributed by atoms with van der Waals surface area (Å²) in [5.41, 5.74) is 4.30. The van der Waals surface area contributed by atoms with Gasteiger partial charge < -0.3 is 4.74 Å². The Labute approximate surface area is 97.7 Å². The summed E-state index contributed by atoms with van der Waals surface area (Å²) in [4.78, 5) is 5.22. The van der Waals surface area contributed by atoms with Gasteiger partial charge in [0.2, 0.25) is 0 Å². The van der Waals surface area contributed by atoms with Crippen LogP contribution in [0.2, 0.25) is 0 Å². The minimum absolute atomic E-state index is 0.247. The second-order valence-electron chi connectivity index (χ2n) is 3.77. The van der Waals surface area contributed by atoms with Crippen molar-refractivity contribution in [1.82, 2.24) is 5.48 Å². The highest BCUT2D eigenvalue weighted by atomic mass is 16.7. The summed E-state index contributed by atoms with van der Waals surface area (Å²) in [6.45, 7) is 2.47. The van der Waals surface area contributed by atoms with E-state index in [4.69, 9.17) is 9.57 Å².